The summed E-state index contributed by atoms with van der Waals surface area (Å²) < 4.78 is 2.25. The second-order valence-electron chi connectivity index (χ2n) is 5.03. The summed E-state index contributed by atoms with van der Waals surface area (Å²) in [6.45, 7) is 0. The van der Waals surface area contributed by atoms with Gasteiger partial charge in [0.2, 0.25) is 5.88 Å². The van der Waals surface area contributed by atoms with Gasteiger partial charge in [-0.3, -0.25) is 9.56 Å². The standard InChI is InChI=1S/C17H11N3OS2/c21-16-15(8-11-9-19-14-6-2-1-5-13(11)14)23-17(22)20(16)12-4-3-7-18-10-12/h1-10,21H/p+1. The lowest BCUT2D eigenvalue weighted by atomic mass is 10.1. The van der Waals surface area contributed by atoms with Crippen molar-refractivity contribution in [2.75, 3.05) is 0 Å². The number of allylic oxidation sites excluding steroid dienone is 1. The third-order valence-corrected chi connectivity index (χ3v) is 4.92. The highest BCUT2D eigenvalue weighted by atomic mass is 32.1. The number of hydrogen-bond donors (Lipinski definition) is 1. The van der Waals surface area contributed by atoms with E-state index in [2.05, 4.69) is 9.98 Å². The van der Waals surface area contributed by atoms with Crippen molar-refractivity contribution in [3.63, 3.8) is 0 Å². The molecule has 2 N–H and O–H groups in total. The molecule has 0 saturated heterocycles. The number of aliphatic imine (C=N–C) groups is 1. The van der Waals surface area contributed by atoms with E-state index in [4.69, 9.17) is 12.2 Å². The summed E-state index contributed by atoms with van der Waals surface area (Å²) in [5.41, 5.74) is 3.78. The van der Waals surface area contributed by atoms with Crippen molar-refractivity contribution in [1.82, 2.24) is 4.57 Å². The van der Waals surface area contributed by atoms with Gasteiger partial charge in [-0.15, -0.1) is 11.3 Å². The lowest BCUT2D eigenvalue weighted by molar-refractivity contribution is -0.377. The van der Waals surface area contributed by atoms with Gasteiger partial charge < -0.3 is 5.11 Å². The minimum absolute atomic E-state index is 0.143. The van der Waals surface area contributed by atoms with Gasteiger partial charge in [0, 0.05) is 23.4 Å². The zero-order chi connectivity index (χ0) is 15.8. The Kier molecular flexibility index (Phi) is 3.40. The van der Waals surface area contributed by atoms with Crippen molar-refractivity contribution in [1.29, 1.82) is 0 Å². The highest BCUT2D eigenvalue weighted by Crippen LogP contribution is 2.36. The van der Waals surface area contributed by atoms with Gasteiger partial charge in [0.1, 0.15) is 5.69 Å². The van der Waals surface area contributed by atoms with Crippen molar-refractivity contribution in [2.45, 2.75) is 0 Å². The van der Waals surface area contributed by atoms with Gasteiger partial charge >= 0.3 is 0 Å². The van der Waals surface area contributed by atoms with E-state index in [1.54, 1.807) is 10.8 Å². The van der Waals surface area contributed by atoms with Gasteiger partial charge in [-0.2, -0.15) is 0 Å². The van der Waals surface area contributed by atoms with Crippen LogP contribution in [0.4, 0.5) is 5.69 Å². The van der Waals surface area contributed by atoms with Crippen molar-refractivity contribution in [3.8, 4) is 11.6 Å². The van der Waals surface area contributed by atoms with Crippen LogP contribution < -0.4 is 4.98 Å². The Hall–Kier alpha value is -2.57. The fraction of sp³-hybridized carbons (Fsp3) is 0. The molecular formula is C17H12N3OS2+. The lowest BCUT2D eigenvalue weighted by Gasteiger charge is -2.02. The molecule has 1 aliphatic rings. The summed E-state index contributed by atoms with van der Waals surface area (Å²) in [6, 6.07) is 11.7. The van der Waals surface area contributed by atoms with E-state index in [1.807, 2.05) is 54.9 Å². The largest absolute Gasteiger partial charge is 0.493 e. The van der Waals surface area contributed by atoms with E-state index in [9.17, 15) is 5.11 Å². The molecule has 0 spiro atoms. The number of H-pyrrole nitrogens is 1. The Morgan fingerprint density at radius 3 is 2.91 bits per heavy atom. The number of nitrogens with one attached hydrogen (secondary N) is 1. The minimum Gasteiger partial charge on any atom is -0.493 e. The van der Waals surface area contributed by atoms with Gasteiger partial charge in [-0.25, -0.2) is 4.98 Å². The van der Waals surface area contributed by atoms with E-state index in [1.165, 1.54) is 11.3 Å². The van der Waals surface area contributed by atoms with E-state index >= 15 is 0 Å². The molecule has 0 aliphatic carbocycles. The monoisotopic (exact) mass is 338 g/mol. The van der Waals surface area contributed by atoms with Crippen molar-refractivity contribution in [3.05, 3.63) is 63.2 Å². The molecule has 1 aliphatic heterocycles. The maximum Gasteiger partial charge on any atom is 0.215 e. The van der Waals surface area contributed by atoms with E-state index in [0.29, 0.717) is 3.95 Å². The molecular weight excluding hydrogens is 326 g/mol. The molecule has 2 aromatic heterocycles. The Labute approximate surface area is 141 Å². The van der Waals surface area contributed by atoms with E-state index < -0.39 is 0 Å². The number of fused-ring (bicyclic) bond motifs is 1. The van der Waals surface area contributed by atoms with Gasteiger partial charge in [-0.1, -0.05) is 18.2 Å². The summed E-state index contributed by atoms with van der Waals surface area (Å²) in [6.07, 6.45) is 7.35. The topological polar surface area (TPSA) is 51.7 Å². The number of aromatic nitrogens is 2. The zero-order valence-corrected chi connectivity index (χ0v) is 13.6. The average molecular weight is 338 g/mol. The first kappa shape index (κ1) is 14.0. The number of para-hydroxylation sites is 1. The number of hydrogen-bond acceptors (Lipinski definition) is 4. The highest BCUT2D eigenvalue weighted by molar-refractivity contribution is 7.73. The number of benzene rings is 1. The number of aromatic hydroxyl groups is 1. The summed E-state index contributed by atoms with van der Waals surface area (Å²) in [4.78, 5) is 8.10. The fourth-order valence-electron chi connectivity index (χ4n) is 2.52. The number of thiazole rings is 1. The van der Waals surface area contributed by atoms with Gasteiger partial charge in [0.25, 0.3) is 0 Å². The first-order valence-corrected chi connectivity index (χ1v) is 8.23. The molecule has 6 heteroatoms. The van der Waals surface area contributed by atoms with Gasteiger partial charge in [-0.05, 0) is 30.4 Å². The summed E-state index contributed by atoms with van der Waals surface area (Å²) in [7, 11) is 0. The smallest absolute Gasteiger partial charge is 0.215 e. The molecule has 0 amide bonds. The van der Waals surface area contributed by atoms with Crippen LogP contribution in [-0.4, -0.2) is 15.9 Å². The maximum absolute atomic E-state index is 10.6. The third kappa shape index (κ3) is 2.42. The zero-order valence-electron chi connectivity index (χ0n) is 11.9. The number of nitrogens with zero attached hydrogens (tertiary/aromatic N) is 2. The van der Waals surface area contributed by atoms with Crippen LogP contribution in [0.5, 0.6) is 5.88 Å². The van der Waals surface area contributed by atoms with Gasteiger partial charge in [0.05, 0.1) is 10.6 Å². The molecule has 0 saturated carbocycles. The van der Waals surface area contributed by atoms with Crippen LogP contribution in [0.1, 0.15) is 10.4 Å². The van der Waals surface area contributed by atoms with Crippen molar-refractivity contribution in [2.24, 2.45) is 4.99 Å². The molecule has 3 heterocycles. The predicted octanol–water partition coefficient (Wildman–Crippen LogP) is 4.04. The number of aromatic amines is 1. The highest BCUT2D eigenvalue weighted by Gasteiger charge is 2.16. The first-order chi connectivity index (χ1) is 11.2. The normalized spacial score (nSPS) is 14.3. The molecule has 0 fully saturated rings. The quantitative estimate of drug-likeness (QED) is 0.717. The Bertz CT molecular complexity index is 1000. The van der Waals surface area contributed by atoms with Gasteiger partial charge in [0.15, 0.2) is 16.3 Å². The molecule has 4 rings (SSSR count). The summed E-state index contributed by atoms with van der Waals surface area (Å²) in [5.74, 6) is 0.143. The predicted molar refractivity (Wildman–Crippen MR) is 95.2 cm³/mol. The average Bonchev–Trinajstić information content (AvgIpc) is 3.10. The Morgan fingerprint density at radius 2 is 2.09 bits per heavy atom. The SMILES string of the molecule is Oc1c(C=C2C=Nc3ccccc32)sc(=S)n1-c1ccc[nH+]c1. The Balaban J connectivity index is 1.83. The molecule has 0 bridgehead atoms. The van der Waals surface area contributed by atoms with Crippen molar-refractivity contribution >= 4 is 47.1 Å². The fourth-order valence-corrected chi connectivity index (χ4v) is 3.82. The molecule has 1 aromatic carbocycles. The molecule has 0 unspecified atom stereocenters. The van der Waals surface area contributed by atoms with Crippen LogP contribution in [0.15, 0.2) is 53.8 Å². The third-order valence-electron chi connectivity index (χ3n) is 3.61. The molecule has 112 valence electrons. The summed E-state index contributed by atoms with van der Waals surface area (Å²) >= 11 is 6.78. The molecule has 0 atom stereocenters. The second kappa shape index (κ2) is 5.57. The molecule has 23 heavy (non-hydrogen) atoms. The molecule has 0 radical (unpaired) electrons. The van der Waals surface area contributed by atoms with E-state index in [-0.39, 0.29) is 5.88 Å². The molecule has 4 nitrogen and oxygen atoms in total. The van der Waals surface area contributed by atoms with Crippen LogP contribution in [0.25, 0.3) is 17.3 Å². The van der Waals surface area contributed by atoms with Crippen LogP contribution in [0.3, 0.4) is 0 Å². The van der Waals surface area contributed by atoms with Crippen LogP contribution in [-0.2, 0) is 0 Å². The number of rotatable bonds is 2. The second-order valence-corrected chi connectivity index (χ2v) is 6.70. The van der Waals surface area contributed by atoms with Crippen LogP contribution >= 0.6 is 23.6 Å². The maximum atomic E-state index is 10.6. The van der Waals surface area contributed by atoms with Crippen molar-refractivity contribution < 1.29 is 10.1 Å². The van der Waals surface area contributed by atoms with Crippen LogP contribution in [0, 0.1) is 3.95 Å². The Morgan fingerprint density at radius 1 is 1.22 bits per heavy atom. The minimum atomic E-state index is 0.143. The number of pyridine rings is 1. The van der Waals surface area contributed by atoms with E-state index in [0.717, 1.165) is 27.4 Å². The molecule has 3 aromatic rings. The van der Waals surface area contributed by atoms with Crippen LogP contribution in [0.2, 0.25) is 0 Å². The lowest BCUT2D eigenvalue weighted by Crippen LogP contribution is -2.03. The first-order valence-electron chi connectivity index (χ1n) is 7.00. The summed E-state index contributed by atoms with van der Waals surface area (Å²) in [5, 5.41) is 10.6.